The molecule has 4 nitrogen and oxygen atoms in total. The average Bonchev–Trinajstić information content (AvgIpc) is 2.93. The molecule has 1 atom stereocenters. The molecule has 1 N–H and O–H groups in total. The van der Waals surface area contributed by atoms with Gasteiger partial charge in [-0.05, 0) is 75.4 Å². The van der Waals surface area contributed by atoms with Crippen molar-refractivity contribution in [1.29, 1.82) is 0 Å². The number of nitrogens with one attached hydrogen (secondary N) is 1. The van der Waals surface area contributed by atoms with Gasteiger partial charge in [-0.25, -0.2) is 4.79 Å². The summed E-state index contributed by atoms with van der Waals surface area (Å²) in [6, 6.07) is 4.16. The van der Waals surface area contributed by atoms with Gasteiger partial charge in [0.05, 0.1) is 6.04 Å². The molecule has 1 fully saturated rings. The zero-order valence-electron chi connectivity index (χ0n) is 14.1. The van der Waals surface area contributed by atoms with Gasteiger partial charge < -0.3 is 15.0 Å². The summed E-state index contributed by atoms with van der Waals surface area (Å²) in [5, 5.41) is 4.14. The summed E-state index contributed by atoms with van der Waals surface area (Å²) >= 11 is 6.33. The number of likely N-dealkylation sites (tertiary alicyclic amines) is 1. The molecule has 0 bridgehead atoms. The van der Waals surface area contributed by atoms with Crippen LogP contribution in [0, 0.1) is 0 Å². The Morgan fingerprint density at radius 2 is 2.17 bits per heavy atom. The number of ether oxygens (including phenoxy) is 1. The van der Waals surface area contributed by atoms with E-state index < -0.39 is 5.60 Å². The zero-order valence-corrected chi connectivity index (χ0v) is 14.9. The summed E-state index contributed by atoms with van der Waals surface area (Å²) in [6.45, 7) is 8.29. The van der Waals surface area contributed by atoms with Crippen molar-refractivity contribution in [2.45, 2.75) is 58.2 Å². The highest BCUT2D eigenvalue weighted by Crippen LogP contribution is 2.38. The molecule has 2 aliphatic heterocycles. The standard InChI is InChI=1S/C18H25ClN2O2/c1-18(2,3)23-17(22)21-8-4-5-16(21)15-10-13(19)9-12-11-20-7-6-14(12)15/h9-10,16,20H,4-8,11H2,1-3H3/t16-/m0/s1. The first kappa shape index (κ1) is 16.6. The van der Waals surface area contributed by atoms with Crippen LogP contribution < -0.4 is 5.32 Å². The number of hydrogen-bond donors (Lipinski definition) is 1. The van der Waals surface area contributed by atoms with Gasteiger partial charge in [-0.15, -0.1) is 0 Å². The Kier molecular flexibility index (Phi) is 4.56. The Hall–Kier alpha value is -1.26. The summed E-state index contributed by atoms with van der Waals surface area (Å²) in [7, 11) is 0. The van der Waals surface area contributed by atoms with Crippen molar-refractivity contribution in [2.24, 2.45) is 0 Å². The lowest BCUT2D eigenvalue weighted by atomic mass is 9.90. The van der Waals surface area contributed by atoms with Crippen molar-refractivity contribution in [3.63, 3.8) is 0 Å². The summed E-state index contributed by atoms with van der Waals surface area (Å²) in [6.07, 6.45) is 2.74. The number of carbonyl (C=O) groups is 1. The minimum absolute atomic E-state index is 0.0791. The summed E-state index contributed by atoms with van der Waals surface area (Å²) < 4.78 is 5.59. The molecule has 0 radical (unpaired) electrons. The molecule has 0 aliphatic carbocycles. The highest BCUT2D eigenvalue weighted by molar-refractivity contribution is 6.30. The minimum Gasteiger partial charge on any atom is -0.444 e. The largest absolute Gasteiger partial charge is 0.444 e. The van der Waals surface area contributed by atoms with E-state index in [4.69, 9.17) is 16.3 Å². The molecular formula is C18H25ClN2O2. The Labute approximate surface area is 143 Å². The maximum absolute atomic E-state index is 12.6. The third-order valence-corrected chi connectivity index (χ3v) is 4.67. The Morgan fingerprint density at radius 1 is 1.39 bits per heavy atom. The molecule has 126 valence electrons. The van der Waals surface area contributed by atoms with E-state index in [9.17, 15) is 4.79 Å². The maximum Gasteiger partial charge on any atom is 0.410 e. The van der Waals surface area contributed by atoms with Gasteiger partial charge in [0.1, 0.15) is 5.60 Å². The van der Waals surface area contributed by atoms with E-state index in [2.05, 4.69) is 5.32 Å². The highest BCUT2D eigenvalue weighted by Gasteiger charge is 2.35. The first-order chi connectivity index (χ1) is 10.8. The van der Waals surface area contributed by atoms with Crippen molar-refractivity contribution in [3.05, 3.63) is 33.8 Å². The third-order valence-electron chi connectivity index (χ3n) is 4.45. The molecule has 1 aromatic rings. The van der Waals surface area contributed by atoms with Gasteiger partial charge in [0.15, 0.2) is 0 Å². The van der Waals surface area contributed by atoms with E-state index in [0.29, 0.717) is 0 Å². The molecule has 23 heavy (non-hydrogen) atoms. The fourth-order valence-corrected chi connectivity index (χ4v) is 3.79. The van der Waals surface area contributed by atoms with E-state index in [1.807, 2.05) is 37.8 Å². The molecule has 0 aromatic heterocycles. The van der Waals surface area contributed by atoms with E-state index in [1.165, 1.54) is 16.7 Å². The smallest absolute Gasteiger partial charge is 0.410 e. The predicted molar refractivity (Wildman–Crippen MR) is 91.8 cm³/mol. The van der Waals surface area contributed by atoms with E-state index in [1.54, 1.807) is 0 Å². The second-order valence-corrected chi connectivity index (χ2v) is 7.83. The zero-order chi connectivity index (χ0) is 16.6. The summed E-state index contributed by atoms with van der Waals surface area (Å²) in [5.41, 5.74) is 3.35. The number of amides is 1. The van der Waals surface area contributed by atoms with Crippen LogP contribution in [0.15, 0.2) is 12.1 Å². The number of benzene rings is 1. The number of hydrogen-bond acceptors (Lipinski definition) is 3. The molecule has 0 unspecified atom stereocenters. The van der Waals surface area contributed by atoms with Crippen LogP contribution in [0.1, 0.15) is 56.3 Å². The van der Waals surface area contributed by atoms with Crippen LogP contribution in [0.25, 0.3) is 0 Å². The number of nitrogens with zero attached hydrogens (tertiary/aromatic N) is 1. The van der Waals surface area contributed by atoms with Crippen LogP contribution >= 0.6 is 11.6 Å². The minimum atomic E-state index is -0.470. The topological polar surface area (TPSA) is 41.6 Å². The van der Waals surface area contributed by atoms with Crippen molar-refractivity contribution >= 4 is 17.7 Å². The molecule has 1 amide bonds. The van der Waals surface area contributed by atoms with Gasteiger partial charge in [0.2, 0.25) is 0 Å². The normalized spacial score (nSPS) is 21.2. The lowest BCUT2D eigenvalue weighted by molar-refractivity contribution is 0.0224. The number of carbonyl (C=O) groups excluding carboxylic acids is 1. The quantitative estimate of drug-likeness (QED) is 0.841. The maximum atomic E-state index is 12.6. The van der Waals surface area contributed by atoms with Crippen LogP contribution in [0.5, 0.6) is 0 Å². The van der Waals surface area contributed by atoms with Gasteiger partial charge in [0, 0.05) is 18.1 Å². The second-order valence-electron chi connectivity index (χ2n) is 7.39. The van der Waals surface area contributed by atoms with Crippen LogP contribution in [-0.4, -0.2) is 29.7 Å². The average molecular weight is 337 g/mol. The first-order valence-electron chi connectivity index (χ1n) is 8.37. The second kappa shape index (κ2) is 6.33. The molecule has 0 saturated carbocycles. The predicted octanol–water partition coefficient (Wildman–Crippen LogP) is 4.06. The fraction of sp³-hybridized carbons (Fsp3) is 0.611. The number of halogens is 1. The molecule has 2 aliphatic rings. The summed E-state index contributed by atoms with van der Waals surface area (Å²) in [5.74, 6) is 0. The van der Waals surface area contributed by atoms with Crippen LogP contribution in [0.4, 0.5) is 4.79 Å². The van der Waals surface area contributed by atoms with Gasteiger partial charge in [-0.1, -0.05) is 11.6 Å². The highest BCUT2D eigenvalue weighted by atomic mass is 35.5. The van der Waals surface area contributed by atoms with Crippen LogP contribution in [0.2, 0.25) is 5.02 Å². The molecule has 1 saturated heterocycles. The molecule has 5 heteroatoms. The monoisotopic (exact) mass is 336 g/mol. The summed E-state index contributed by atoms with van der Waals surface area (Å²) in [4.78, 5) is 14.4. The van der Waals surface area contributed by atoms with Gasteiger partial charge in [-0.2, -0.15) is 0 Å². The van der Waals surface area contributed by atoms with Crippen molar-refractivity contribution in [3.8, 4) is 0 Å². The van der Waals surface area contributed by atoms with Crippen molar-refractivity contribution in [2.75, 3.05) is 13.1 Å². The molecular weight excluding hydrogens is 312 g/mol. The fourth-order valence-electron chi connectivity index (χ4n) is 3.54. The van der Waals surface area contributed by atoms with Crippen LogP contribution in [-0.2, 0) is 17.7 Å². The molecule has 0 spiro atoms. The first-order valence-corrected chi connectivity index (χ1v) is 8.74. The van der Waals surface area contributed by atoms with Gasteiger partial charge in [-0.3, -0.25) is 0 Å². The van der Waals surface area contributed by atoms with Crippen molar-refractivity contribution < 1.29 is 9.53 Å². The van der Waals surface area contributed by atoms with Gasteiger partial charge in [0.25, 0.3) is 0 Å². The molecule has 3 rings (SSSR count). The molecule has 2 heterocycles. The van der Waals surface area contributed by atoms with Crippen molar-refractivity contribution in [1.82, 2.24) is 10.2 Å². The Balaban J connectivity index is 1.91. The van der Waals surface area contributed by atoms with Gasteiger partial charge >= 0.3 is 6.09 Å². The number of rotatable bonds is 1. The van der Waals surface area contributed by atoms with E-state index in [0.717, 1.165) is 43.9 Å². The Bertz CT molecular complexity index is 610. The van der Waals surface area contributed by atoms with E-state index >= 15 is 0 Å². The lowest BCUT2D eigenvalue weighted by Gasteiger charge is -2.31. The SMILES string of the molecule is CC(C)(C)OC(=O)N1CCC[C@H]1c1cc(Cl)cc2c1CCNC2. The Morgan fingerprint density at radius 3 is 2.91 bits per heavy atom. The third kappa shape index (κ3) is 3.64. The van der Waals surface area contributed by atoms with E-state index in [-0.39, 0.29) is 12.1 Å². The number of fused-ring (bicyclic) bond motifs is 1. The lowest BCUT2D eigenvalue weighted by Crippen LogP contribution is -2.37. The molecule has 1 aromatic carbocycles. The van der Waals surface area contributed by atoms with Crippen LogP contribution in [0.3, 0.4) is 0 Å².